The lowest BCUT2D eigenvalue weighted by atomic mass is 9.91. The van der Waals surface area contributed by atoms with Crippen molar-refractivity contribution < 1.29 is 0 Å². The van der Waals surface area contributed by atoms with Gasteiger partial charge in [-0.25, -0.2) is 9.97 Å². The molecule has 2 saturated heterocycles. The lowest BCUT2D eigenvalue weighted by molar-refractivity contribution is 0.120. The van der Waals surface area contributed by atoms with Crippen LogP contribution in [0, 0.1) is 0 Å². The van der Waals surface area contributed by atoms with Gasteiger partial charge >= 0.3 is 0 Å². The maximum Gasteiger partial charge on any atom is 0.225 e. The number of likely N-dealkylation sites (tertiary alicyclic amines) is 1. The Morgan fingerprint density at radius 1 is 0.824 bits per heavy atom. The fourth-order valence-electron chi connectivity index (χ4n) is 6.12. The average molecular weight is 461 g/mol. The first-order valence-corrected chi connectivity index (χ1v) is 13.7. The molecule has 3 fully saturated rings. The molecule has 2 aliphatic carbocycles. The van der Waals surface area contributed by atoms with Crippen molar-refractivity contribution in [3.63, 3.8) is 0 Å². The SMILES string of the molecule is C1=CC(CN2CCc3cnc(N4CCN(C5CCC5)CC4)nc3CC2)=CC=C(N2CCCC2)C1. The van der Waals surface area contributed by atoms with E-state index in [1.165, 1.54) is 67.7 Å². The summed E-state index contributed by atoms with van der Waals surface area (Å²) in [6, 6.07) is 0.849. The van der Waals surface area contributed by atoms with Gasteiger partial charge in [0.2, 0.25) is 5.95 Å². The predicted octanol–water partition coefficient (Wildman–Crippen LogP) is 3.42. The van der Waals surface area contributed by atoms with E-state index >= 15 is 0 Å². The molecular weight excluding hydrogens is 420 g/mol. The van der Waals surface area contributed by atoms with Crippen molar-refractivity contribution in [1.29, 1.82) is 0 Å². The standard InChI is InChI=1S/C28H40N6/c1-2-14-32(13-1)26-6-3-5-23(9-10-26)22-31-15-11-24-21-29-28(30-27(24)12-16-31)34-19-17-33(18-20-34)25-7-4-8-25/h3,5,9-10,21,25H,1-2,4,6-8,11-20,22H2. The number of piperazine rings is 1. The highest BCUT2D eigenvalue weighted by molar-refractivity contribution is 5.35. The third-order valence-corrected chi connectivity index (χ3v) is 8.56. The molecule has 0 radical (unpaired) electrons. The van der Waals surface area contributed by atoms with Crippen LogP contribution < -0.4 is 4.90 Å². The molecule has 0 N–H and O–H groups in total. The topological polar surface area (TPSA) is 38.7 Å². The minimum Gasteiger partial charge on any atom is -0.375 e. The zero-order valence-electron chi connectivity index (χ0n) is 20.7. The Bertz CT molecular complexity index is 948. The highest BCUT2D eigenvalue weighted by Crippen LogP contribution is 2.27. The highest BCUT2D eigenvalue weighted by atomic mass is 15.3. The third kappa shape index (κ3) is 4.94. The molecule has 1 aromatic rings. The molecule has 4 heterocycles. The zero-order chi connectivity index (χ0) is 22.7. The Kier molecular flexibility index (Phi) is 6.69. The second kappa shape index (κ2) is 10.2. The summed E-state index contributed by atoms with van der Waals surface area (Å²) in [7, 11) is 0. The van der Waals surface area contributed by atoms with Crippen LogP contribution in [0.3, 0.4) is 0 Å². The van der Waals surface area contributed by atoms with Gasteiger partial charge in [-0.05, 0) is 49.3 Å². The molecule has 0 aromatic carbocycles. The second-order valence-electron chi connectivity index (χ2n) is 10.7. The Labute approximate surface area is 205 Å². The van der Waals surface area contributed by atoms with E-state index in [9.17, 15) is 0 Å². The average Bonchev–Trinajstić information content (AvgIpc) is 3.17. The van der Waals surface area contributed by atoms with Gasteiger partial charge in [-0.15, -0.1) is 0 Å². The molecule has 6 heteroatoms. The van der Waals surface area contributed by atoms with E-state index in [2.05, 4.69) is 50.1 Å². The fraction of sp³-hybridized carbons (Fsp3) is 0.643. The molecule has 5 aliphatic rings. The van der Waals surface area contributed by atoms with Gasteiger partial charge in [-0.3, -0.25) is 9.80 Å². The Hall–Kier alpha value is -2.18. The molecule has 3 aliphatic heterocycles. The lowest BCUT2D eigenvalue weighted by Gasteiger charge is -2.43. The Morgan fingerprint density at radius 3 is 2.44 bits per heavy atom. The number of allylic oxidation sites excluding steroid dienone is 3. The Balaban J connectivity index is 1.05. The Morgan fingerprint density at radius 2 is 1.65 bits per heavy atom. The van der Waals surface area contributed by atoms with E-state index in [0.717, 1.165) is 77.1 Å². The van der Waals surface area contributed by atoms with Gasteiger partial charge in [0.15, 0.2) is 0 Å². The summed E-state index contributed by atoms with van der Waals surface area (Å²) in [5.41, 5.74) is 5.54. The number of hydrogen-bond donors (Lipinski definition) is 0. The molecule has 6 rings (SSSR count). The van der Waals surface area contributed by atoms with Crippen LogP contribution >= 0.6 is 0 Å². The van der Waals surface area contributed by atoms with E-state index in [0.29, 0.717) is 0 Å². The van der Waals surface area contributed by atoms with Crippen LogP contribution in [0.25, 0.3) is 0 Å². The van der Waals surface area contributed by atoms with Crippen LogP contribution in [0.2, 0.25) is 0 Å². The van der Waals surface area contributed by atoms with E-state index < -0.39 is 0 Å². The summed E-state index contributed by atoms with van der Waals surface area (Å²) in [5, 5.41) is 0. The monoisotopic (exact) mass is 460 g/mol. The van der Waals surface area contributed by atoms with Gasteiger partial charge in [0.25, 0.3) is 0 Å². The first kappa shape index (κ1) is 22.3. The van der Waals surface area contributed by atoms with Crippen molar-refractivity contribution in [2.24, 2.45) is 0 Å². The van der Waals surface area contributed by atoms with Crippen molar-refractivity contribution in [2.45, 2.75) is 57.4 Å². The fourth-order valence-corrected chi connectivity index (χ4v) is 6.12. The van der Waals surface area contributed by atoms with Crippen molar-refractivity contribution in [1.82, 2.24) is 24.7 Å². The second-order valence-corrected chi connectivity index (χ2v) is 10.7. The van der Waals surface area contributed by atoms with E-state index in [1.807, 2.05) is 0 Å². The van der Waals surface area contributed by atoms with Crippen LogP contribution in [0.1, 0.15) is 49.8 Å². The largest absolute Gasteiger partial charge is 0.375 e. The smallest absolute Gasteiger partial charge is 0.225 e. The van der Waals surface area contributed by atoms with Crippen LogP contribution in [-0.4, -0.2) is 89.6 Å². The van der Waals surface area contributed by atoms with E-state index in [4.69, 9.17) is 9.97 Å². The van der Waals surface area contributed by atoms with Gasteiger partial charge in [0.05, 0.1) is 5.69 Å². The molecule has 0 bridgehead atoms. The summed E-state index contributed by atoms with van der Waals surface area (Å²) in [5.74, 6) is 0.953. The summed E-state index contributed by atoms with van der Waals surface area (Å²) in [6.45, 7) is 10.1. The number of anilines is 1. The van der Waals surface area contributed by atoms with Crippen LogP contribution in [-0.2, 0) is 12.8 Å². The minimum atomic E-state index is 0.849. The molecule has 0 spiro atoms. The molecule has 0 amide bonds. The van der Waals surface area contributed by atoms with Crippen molar-refractivity contribution in [3.8, 4) is 0 Å². The van der Waals surface area contributed by atoms with Gasteiger partial charge in [0.1, 0.15) is 0 Å². The predicted molar refractivity (Wildman–Crippen MR) is 138 cm³/mol. The van der Waals surface area contributed by atoms with Crippen molar-refractivity contribution in [3.05, 3.63) is 53.0 Å². The van der Waals surface area contributed by atoms with Gasteiger partial charge in [-0.2, -0.15) is 0 Å². The summed E-state index contributed by atoms with van der Waals surface area (Å²) < 4.78 is 0. The number of nitrogens with zero attached hydrogens (tertiary/aromatic N) is 6. The quantitative estimate of drug-likeness (QED) is 0.671. The molecule has 0 unspecified atom stereocenters. The maximum absolute atomic E-state index is 5.08. The molecule has 1 saturated carbocycles. The summed E-state index contributed by atoms with van der Waals surface area (Å²) in [4.78, 5) is 20.1. The van der Waals surface area contributed by atoms with Crippen molar-refractivity contribution >= 4 is 5.95 Å². The summed E-state index contributed by atoms with van der Waals surface area (Å²) in [6.07, 6.45) is 21.6. The third-order valence-electron chi connectivity index (χ3n) is 8.56. The highest BCUT2D eigenvalue weighted by Gasteiger charge is 2.29. The first-order chi connectivity index (χ1) is 16.8. The van der Waals surface area contributed by atoms with Crippen LogP contribution in [0.5, 0.6) is 0 Å². The van der Waals surface area contributed by atoms with Gasteiger partial charge in [0, 0.05) is 89.7 Å². The van der Waals surface area contributed by atoms with Crippen LogP contribution in [0.15, 0.2) is 41.8 Å². The van der Waals surface area contributed by atoms with Gasteiger partial charge in [-0.1, -0.05) is 24.6 Å². The van der Waals surface area contributed by atoms with Crippen LogP contribution in [0.4, 0.5) is 5.95 Å². The molecule has 1 aromatic heterocycles. The summed E-state index contributed by atoms with van der Waals surface area (Å²) >= 11 is 0. The van der Waals surface area contributed by atoms with Crippen molar-refractivity contribution in [2.75, 3.05) is 63.8 Å². The molecular formula is C28H40N6. The number of aromatic nitrogens is 2. The zero-order valence-corrected chi connectivity index (χ0v) is 20.7. The van der Waals surface area contributed by atoms with Gasteiger partial charge < -0.3 is 9.80 Å². The molecule has 34 heavy (non-hydrogen) atoms. The lowest BCUT2D eigenvalue weighted by Crippen LogP contribution is -2.52. The maximum atomic E-state index is 5.08. The molecule has 0 atom stereocenters. The molecule has 182 valence electrons. The normalized spacial score (nSPS) is 24.8. The molecule has 6 nitrogen and oxygen atoms in total. The van der Waals surface area contributed by atoms with E-state index in [1.54, 1.807) is 0 Å². The number of rotatable bonds is 5. The van der Waals surface area contributed by atoms with E-state index in [-0.39, 0.29) is 0 Å². The first-order valence-electron chi connectivity index (χ1n) is 13.7. The number of fused-ring (bicyclic) bond motifs is 1. The minimum absolute atomic E-state index is 0.849. The number of hydrogen-bond acceptors (Lipinski definition) is 6.